The lowest BCUT2D eigenvalue weighted by Gasteiger charge is -2.08. The Morgan fingerprint density at radius 1 is 1.09 bits per heavy atom. The van der Waals surface area contributed by atoms with E-state index in [0.29, 0.717) is 22.3 Å². The number of nitrogens with zero attached hydrogens (tertiary/aromatic N) is 4. The van der Waals surface area contributed by atoms with E-state index in [0.717, 1.165) is 12.1 Å². The van der Waals surface area contributed by atoms with Crippen molar-refractivity contribution < 1.29 is 18.0 Å². The first-order valence-corrected chi connectivity index (χ1v) is 9.90. The average Bonchev–Trinajstić information content (AvgIpc) is 3.21. The van der Waals surface area contributed by atoms with Crippen molar-refractivity contribution in [2.75, 3.05) is 11.9 Å². The van der Waals surface area contributed by atoms with Crippen LogP contribution in [0, 0.1) is 11.3 Å². The molecule has 1 amide bonds. The van der Waals surface area contributed by atoms with Crippen molar-refractivity contribution in [2.24, 2.45) is 0 Å². The second kappa shape index (κ2) is 9.00. The zero-order chi connectivity index (χ0) is 23.4. The number of fused-ring (bicyclic) bond motifs is 1. The van der Waals surface area contributed by atoms with Crippen molar-refractivity contribution in [3.05, 3.63) is 78.0 Å². The second-order valence-electron chi connectivity index (χ2n) is 7.07. The number of carbonyl (C=O) groups excluding carboxylic acids is 1. The van der Waals surface area contributed by atoms with E-state index in [1.54, 1.807) is 30.5 Å². The zero-order valence-corrected chi connectivity index (χ0v) is 17.1. The van der Waals surface area contributed by atoms with E-state index in [1.165, 1.54) is 16.6 Å². The van der Waals surface area contributed by atoms with Crippen molar-refractivity contribution >= 4 is 23.2 Å². The minimum atomic E-state index is -4.46. The molecule has 166 valence electrons. The van der Waals surface area contributed by atoms with Gasteiger partial charge >= 0.3 is 6.18 Å². The Morgan fingerprint density at radius 2 is 1.91 bits per heavy atom. The van der Waals surface area contributed by atoms with E-state index in [2.05, 4.69) is 20.7 Å². The number of nitrogens with one attached hydrogen (secondary N) is 2. The van der Waals surface area contributed by atoms with Gasteiger partial charge in [-0.1, -0.05) is 18.2 Å². The molecule has 0 fully saturated rings. The molecule has 0 unspecified atom stereocenters. The third-order valence-electron chi connectivity index (χ3n) is 4.77. The first-order valence-electron chi connectivity index (χ1n) is 9.90. The highest BCUT2D eigenvalue weighted by atomic mass is 19.4. The Hall–Kier alpha value is -4.39. The van der Waals surface area contributed by atoms with Crippen LogP contribution in [0.2, 0.25) is 0 Å². The summed E-state index contributed by atoms with van der Waals surface area (Å²) in [6.45, 7) is 0.254. The summed E-state index contributed by atoms with van der Waals surface area (Å²) < 4.78 is 40.5. The van der Waals surface area contributed by atoms with Crippen molar-refractivity contribution in [3.8, 4) is 17.2 Å². The number of alkyl halides is 3. The van der Waals surface area contributed by atoms with E-state index in [9.17, 15) is 18.0 Å². The highest BCUT2D eigenvalue weighted by Gasteiger charge is 2.30. The number of carbonyl (C=O) groups is 1. The molecule has 7 nitrogen and oxygen atoms in total. The number of hydrogen-bond donors (Lipinski definition) is 2. The number of hydrogen-bond acceptors (Lipinski definition) is 5. The van der Waals surface area contributed by atoms with Crippen LogP contribution >= 0.6 is 0 Å². The molecule has 0 saturated heterocycles. The summed E-state index contributed by atoms with van der Waals surface area (Å²) in [7, 11) is 0. The number of halogens is 3. The molecule has 10 heteroatoms. The minimum Gasteiger partial charge on any atom is -0.351 e. The van der Waals surface area contributed by atoms with Gasteiger partial charge in [0.1, 0.15) is 0 Å². The third-order valence-corrected chi connectivity index (χ3v) is 4.77. The monoisotopic (exact) mass is 450 g/mol. The van der Waals surface area contributed by atoms with Gasteiger partial charge in [-0.15, -0.1) is 5.10 Å². The Balaban J connectivity index is 1.63. The van der Waals surface area contributed by atoms with Crippen LogP contribution in [0.3, 0.4) is 0 Å². The standard InChI is InChI=1S/C23H17F3N6O/c24-23(25,26)17-7-2-8-18(14-17)29-22-30-20-19(9-3-12-32(20)31-22)15-5-1-6-16(13-15)21(33)28-11-4-10-27/h1-3,5-9,12-14H,4,11H2,(H,28,33)(H,29,31). The van der Waals surface area contributed by atoms with Gasteiger partial charge in [0.25, 0.3) is 5.91 Å². The van der Waals surface area contributed by atoms with Gasteiger partial charge in [-0.2, -0.15) is 23.4 Å². The van der Waals surface area contributed by atoms with Gasteiger partial charge in [0.05, 0.1) is 18.1 Å². The fourth-order valence-electron chi connectivity index (χ4n) is 3.25. The first kappa shape index (κ1) is 21.8. The van der Waals surface area contributed by atoms with Crippen LogP contribution in [0.25, 0.3) is 16.8 Å². The fourth-order valence-corrected chi connectivity index (χ4v) is 3.25. The Bertz CT molecular complexity index is 1360. The van der Waals surface area contributed by atoms with Crippen molar-refractivity contribution in [3.63, 3.8) is 0 Å². The van der Waals surface area contributed by atoms with Gasteiger partial charge in [-0.05, 0) is 48.0 Å². The molecule has 0 bridgehead atoms. The Labute approximate surface area is 186 Å². The van der Waals surface area contributed by atoms with Crippen LogP contribution in [-0.4, -0.2) is 27.0 Å². The smallest absolute Gasteiger partial charge is 0.351 e. The second-order valence-corrected chi connectivity index (χ2v) is 7.07. The number of benzene rings is 2. The summed E-state index contributed by atoms with van der Waals surface area (Å²) in [5.74, 6) is -0.167. The molecule has 2 N–H and O–H groups in total. The van der Waals surface area contributed by atoms with Crippen LogP contribution in [0.4, 0.5) is 24.8 Å². The molecule has 0 aliphatic carbocycles. The van der Waals surface area contributed by atoms with E-state index in [1.807, 2.05) is 18.2 Å². The summed E-state index contributed by atoms with van der Waals surface area (Å²) >= 11 is 0. The average molecular weight is 450 g/mol. The molecule has 2 aromatic carbocycles. The van der Waals surface area contributed by atoms with Gasteiger partial charge in [-0.3, -0.25) is 4.79 Å². The molecular weight excluding hydrogens is 433 g/mol. The largest absolute Gasteiger partial charge is 0.416 e. The summed E-state index contributed by atoms with van der Waals surface area (Å²) in [5, 5.41) is 18.4. The molecule has 0 radical (unpaired) electrons. The number of nitriles is 1. The fraction of sp³-hybridized carbons (Fsp3) is 0.130. The number of anilines is 2. The summed E-state index contributed by atoms with van der Waals surface area (Å²) in [6.07, 6.45) is -2.57. The maximum atomic E-state index is 13.0. The first-order chi connectivity index (χ1) is 15.8. The van der Waals surface area contributed by atoms with E-state index < -0.39 is 11.7 Å². The summed E-state index contributed by atoms with van der Waals surface area (Å²) in [5.41, 5.74) is 1.73. The molecule has 0 atom stereocenters. The lowest BCUT2D eigenvalue weighted by atomic mass is 10.0. The molecule has 0 spiro atoms. The molecule has 0 aliphatic rings. The zero-order valence-electron chi connectivity index (χ0n) is 17.1. The van der Waals surface area contributed by atoms with Gasteiger partial charge in [0.2, 0.25) is 5.95 Å². The molecule has 4 aromatic rings. The number of aromatic nitrogens is 3. The Morgan fingerprint density at radius 3 is 2.70 bits per heavy atom. The quantitative estimate of drug-likeness (QED) is 0.412. The molecule has 0 saturated carbocycles. The third kappa shape index (κ3) is 4.93. The van der Waals surface area contributed by atoms with Gasteiger partial charge in [0.15, 0.2) is 5.65 Å². The molecule has 0 aliphatic heterocycles. The van der Waals surface area contributed by atoms with Crippen LogP contribution in [0.5, 0.6) is 0 Å². The van der Waals surface area contributed by atoms with E-state index >= 15 is 0 Å². The Kier molecular flexibility index (Phi) is 5.95. The number of pyridine rings is 1. The lowest BCUT2D eigenvalue weighted by molar-refractivity contribution is -0.137. The molecule has 2 aromatic heterocycles. The van der Waals surface area contributed by atoms with E-state index in [-0.39, 0.29) is 30.5 Å². The number of rotatable bonds is 6. The maximum Gasteiger partial charge on any atom is 0.416 e. The minimum absolute atomic E-state index is 0.132. The maximum absolute atomic E-state index is 13.0. The molecule has 2 heterocycles. The van der Waals surface area contributed by atoms with Crippen LogP contribution in [0.15, 0.2) is 66.9 Å². The van der Waals surface area contributed by atoms with Crippen molar-refractivity contribution in [1.82, 2.24) is 19.9 Å². The topological polar surface area (TPSA) is 95.1 Å². The summed E-state index contributed by atoms with van der Waals surface area (Å²) in [4.78, 5) is 16.8. The van der Waals surface area contributed by atoms with Crippen LogP contribution in [-0.2, 0) is 6.18 Å². The predicted octanol–water partition coefficient (Wildman–Crippen LogP) is 4.80. The molecule has 4 rings (SSSR count). The summed E-state index contributed by atoms with van der Waals surface area (Å²) in [6, 6.07) is 17.2. The molecule has 33 heavy (non-hydrogen) atoms. The number of amides is 1. The predicted molar refractivity (Wildman–Crippen MR) is 116 cm³/mol. The van der Waals surface area contributed by atoms with Gasteiger partial charge in [0, 0.05) is 29.6 Å². The van der Waals surface area contributed by atoms with Crippen molar-refractivity contribution in [2.45, 2.75) is 12.6 Å². The SMILES string of the molecule is N#CCCNC(=O)c1cccc(-c2cccn3nc(Nc4cccc(C(F)(F)F)c4)nc23)c1. The molecular formula is C23H17F3N6O. The van der Waals surface area contributed by atoms with Gasteiger partial charge in [-0.25, -0.2) is 4.52 Å². The normalized spacial score (nSPS) is 11.2. The lowest BCUT2D eigenvalue weighted by Crippen LogP contribution is -2.24. The highest BCUT2D eigenvalue weighted by molar-refractivity contribution is 5.96. The van der Waals surface area contributed by atoms with Crippen molar-refractivity contribution in [1.29, 1.82) is 5.26 Å². The highest BCUT2D eigenvalue weighted by Crippen LogP contribution is 2.31. The van der Waals surface area contributed by atoms with Gasteiger partial charge < -0.3 is 10.6 Å². The van der Waals surface area contributed by atoms with Crippen LogP contribution < -0.4 is 10.6 Å². The van der Waals surface area contributed by atoms with Crippen LogP contribution in [0.1, 0.15) is 22.3 Å². The van der Waals surface area contributed by atoms with E-state index in [4.69, 9.17) is 5.26 Å².